The molecule has 0 saturated heterocycles. The number of nitrogens with two attached hydrogens (primary N) is 1. The molecule has 0 bridgehead atoms. The van der Waals surface area contributed by atoms with E-state index in [9.17, 15) is 0 Å². The summed E-state index contributed by atoms with van der Waals surface area (Å²) in [6.07, 6.45) is 2.77. The molecule has 0 unspecified atom stereocenters. The molecule has 19 heavy (non-hydrogen) atoms. The molecule has 0 saturated carbocycles. The van der Waals surface area contributed by atoms with Gasteiger partial charge >= 0.3 is 0 Å². The van der Waals surface area contributed by atoms with Crippen LogP contribution in [0.5, 0.6) is 0 Å². The Morgan fingerprint density at radius 2 is 1.58 bits per heavy atom. The Morgan fingerprint density at radius 3 is 2.21 bits per heavy atom. The Labute approximate surface area is 112 Å². The molecule has 3 rings (SSSR count). The Bertz CT molecular complexity index is 654. The predicted molar refractivity (Wildman–Crippen MR) is 77.7 cm³/mol. The standard InChI is InChI=1S/C16H15N3/c17-16-15(11-18-19-16)14-8-6-13(7-9-14)10-12-4-2-1-3-5-12/h1-9,11H,10H2,(H3,17,18,19). The first-order valence-corrected chi connectivity index (χ1v) is 6.25. The number of nitrogen functional groups attached to an aromatic ring is 1. The molecule has 3 nitrogen and oxygen atoms in total. The lowest BCUT2D eigenvalue weighted by molar-refractivity contribution is 1.10. The van der Waals surface area contributed by atoms with Crippen LogP contribution in [-0.4, -0.2) is 10.2 Å². The van der Waals surface area contributed by atoms with Gasteiger partial charge in [-0.3, -0.25) is 5.10 Å². The summed E-state index contributed by atoms with van der Waals surface area (Å²) >= 11 is 0. The van der Waals surface area contributed by atoms with Crippen LogP contribution in [0.25, 0.3) is 11.1 Å². The third-order valence-electron chi connectivity index (χ3n) is 3.19. The highest BCUT2D eigenvalue weighted by Crippen LogP contribution is 2.24. The highest BCUT2D eigenvalue weighted by molar-refractivity contribution is 5.73. The maximum atomic E-state index is 5.79. The highest BCUT2D eigenvalue weighted by atomic mass is 15.1. The number of benzene rings is 2. The van der Waals surface area contributed by atoms with Crippen molar-refractivity contribution in [1.82, 2.24) is 10.2 Å². The summed E-state index contributed by atoms with van der Waals surface area (Å²) in [5.74, 6) is 0.538. The maximum Gasteiger partial charge on any atom is 0.153 e. The summed E-state index contributed by atoms with van der Waals surface area (Å²) in [4.78, 5) is 0. The molecule has 94 valence electrons. The van der Waals surface area contributed by atoms with Crippen molar-refractivity contribution in [2.45, 2.75) is 6.42 Å². The van der Waals surface area contributed by atoms with Gasteiger partial charge in [0.2, 0.25) is 0 Å². The molecule has 1 aromatic heterocycles. The fourth-order valence-corrected chi connectivity index (χ4v) is 2.17. The first-order valence-electron chi connectivity index (χ1n) is 6.25. The Hall–Kier alpha value is -2.55. The molecule has 0 radical (unpaired) electrons. The largest absolute Gasteiger partial charge is 0.382 e. The number of H-pyrrole nitrogens is 1. The van der Waals surface area contributed by atoms with Crippen LogP contribution in [0.3, 0.4) is 0 Å². The zero-order valence-corrected chi connectivity index (χ0v) is 10.5. The molecule has 3 N–H and O–H groups in total. The molecule has 1 heterocycles. The van der Waals surface area contributed by atoms with E-state index in [1.165, 1.54) is 11.1 Å². The van der Waals surface area contributed by atoms with Gasteiger partial charge < -0.3 is 5.73 Å². The number of nitrogens with zero attached hydrogens (tertiary/aromatic N) is 1. The average Bonchev–Trinajstić information content (AvgIpc) is 2.87. The van der Waals surface area contributed by atoms with Crippen LogP contribution < -0.4 is 5.73 Å². The van der Waals surface area contributed by atoms with Gasteiger partial charge in [-0.25, -0.2) is 0 Å². The summed E-state index contributed by atoms with van der Waals surface area (Å²) in [5.41, 5.74) is 10.4. The third-order valence-corrected chi connectivity index (χ3v) is 3.19. The maximum absolute atomic E-state index is 5.79. The molecule has 0 amide bonds. The fourth-order valence-electron chi connectivity index (χ4n) is 2.17. The van der Waals surface area contributed by atoms with E-state index in [1.807, 2.05) is 12.3 Å². The summed E-state index contributed by atoms with van der Waals surface area (Å²) in [5, 5.41) is 6.71. The van der Waals surface area contributed by atoms with E-state index in [0.717, 1.165) is 17.5 Å². The van der Waals surface area contributed by atoms with Crippen molar-refractivity contribution in [3.8, 4) is 11.1 Å². The highest BCUT2D eigenvalue weighted by Gasteiger charge is 2.04. The first kappa shape index (κ1) is 11.5. The van der Waals surface area contributed by atoms with E-state index in [0.29, 0.717) is 5.82 Å². The quantitative estimate of drug-likeness (QED) is 0.748. The fraction of sp³-hybridized carbons (Fsp3) is 0.0625. The van der Waals surface area contributed by atoms with Crippen LogP contribution in [-0.2, 0) is 6.42 Å². The van der Waals surface area contributed by atoms with Gasteiger partial charge in [0.1, 0.15) is 0 Å². The molecule has 0 aliphatic carbocycles. The Morgan fingerprint density at radius 1 is 0.895 bits per heavy atom. The molecular weight excluding hydrogens is 234 g/mol. The minimum Gasteiger partial charge on any atom is -0.382 e. The second-order valence-corrected chi connectivity index (χ2v) is 4.54. The van der Waals surface area contributed by atoms with Gasteiger partial charge in [-0.05, 0) is 23.1 Å². The van der Waals surface area contributed by atoms with Gasteiger partial charge in [-0.2, -0.15) is 5.10 Å². The van der Waals surface area contributed by atoms with E-state index in [4.69, 9.17) is 5.73 Å². The Kier molecular flexibility index (Phi) is 3.02. The average molecular weight is 249 g/mol. The molecule has 0 spiro atoms. The van der Waals surface area contributed by atoms with Crippen molar-refractivity contribution in [3.05, 3.63) is 71.9 Å². The zero-order chi connectivity index (χ0) is 13.1. The number of anilines is 1. The molecule has 0 aliphatic rings. The number of aromatic amines is 1. The van der Waals surface area contributed by atoms with Crippen molar-refractivity contribution in [2.75, 3.05) is 5.73 Å². The minimum atomic E-state index is 0.538. The second kappa shape index (κ2) is 4.98. The molecule has 2 aromatic carbocycles. The van der Waals surface area contributed by atoms with Crippen LogP contribution in [0.15, 0.2) is 60.8 Å². The van der Waals surface area contributed by atoms with Gasteiger partial charge in [-0.15, -0.1) is 0 Å². The molecule has 3 aromatic rings. The summed E-state index contributed by atoms with van der Waals surface area (Å²) in [6.45, 7) is 0. The monoisotopic (exact) mass is 249 g/mol. The van der Waals surface area contributed by atoms with Gasteiger partial charge in [0, 0.05) is 11.8 Å². The molecule has 3 heteroatoms. The SMILES string of the molecule is Nc1n[nH]cc1-c1ccc(Cc2ccccc2)cc1. The van der Waals surface area contributed by atoms with Gasteiger partial charge in [0.25, 0.3) is 0 Å². The van der Waals surface area contributed by atoms with Crippen LogP contribution >= 0.6 is 0 Å². The summed E-state index contributed by atoms with van der Waals surface area (Å²) < 4.78 is 0. The normalized spacial score (nSPS) is 10.5. The Balaban J connectivity index is 1.82. The minimum absolute atomic E-state index is 0.538. The molecule has 0 fully saturated rings. The van der Waals surface area contributed by atoms with Gasteiger partial charge in [-0.1, -0.05) is 54.6 Å². The number of hydrogen-bond donors (Lipinski definition) is 2. The van der Waals surface area contributed by atoms with Crippen LogP contribution in [0.1, 0.15) is 11.1 Å². The number of nitrogens with one attached hydrogen (secondary N) is 1. The number of rotatable bonds is 3. The van der Waals surface area contributed by atoms with Crippen LogP contribution in [0.2, 0.25) is 0 Å². The number of hydrogen-bond acceptors (Lipinski definition) is 2. The van der Waals surface area contributed by atoms with Crippen molar-refractivity contribution < 1.29 is 0 Å². The topological polar surface area (TPSA) is 54.7 Å². The van der Waals surface area contributed by atoms with E-state index < -0.39 is 0 Å². The lowest BCUT2D eigenvalue weighted by atomic mass is 10.0. The van der Waals surface area contributed by atoms with Crippen LogP contribution in [0, 0.1) is 0 Å². The number of aromatic nitrogens is 2. The second-order valence-electron chi connectivity index (χ2n) is 4.54. The lowest BCUT2D eigenvalue weighted by Gasteiger charge is -2.04. The zero-order valence-electron chi connectivity index (χ0n) is 10.5. The molecule has 0 aliphatic heterocycles. The van der Waals surface area contributed by atoms with Crippen molar-refractivity contribution in [2.24, 2.45) is 0 Å². The smallest absolute Gasteiger partial charge is 0.153 e. The summed E-state index contributed by atoms with van der Waals surface area (Å²) in [7, 11) is 0. The first-order chi connectivity index (χ1) is 9.33. The van der Waals surface area contributed by atoms with Crippen molar-refractivity contribution in [1.29, 1.82) is 0 Å². The van der Waals surface area contributed by atoms with E-state index >= 15 is 0 Å². The van der Waals surface area contributed by atoms with E-state index in [1.54, 1.807) is 0 Å². The van der Waals surface area contributed by atoms with E-state index in [-0.39, 0.29) is 0 Å². The molecule has 0 atom stereocenters. The summed E-state index contributed by atoms with van der Waals surface area (Å²) in [6, 6.07) is 18.9. The van der Waals surface area contributed by atoms with Gasteiger partial charge in [0.05, 0.1) is 0 Å². The third kappa shape index (κ3) is 2.50. The van der Waals surface area contributed by atoms with Crippen molar-refractivity contribution >= 4 is 5.82 Å². The van der Waals surface area contributed by atoms with Crippen LogP contribution in [0.4, 0.5) is 5.82 Å². The molecular formula is C16H15N3. The van der Waals surface area contributed by atoms with Gasteiger partial charge in [0.15, 0.2) is 5.82 Å². The predicted octanol–water partition coefficient (Wildman–Crippen LogP) is 3.25. The van der Waals surface area contributed by atoms with Crippen molar-refractivity contribution in [3.63, 3.8) is 0 Å². The van der Waals surface area contributed by atoms with E-state index in [2.05, 4.69) is 58.7 Å². The lowest BCUT2D eigenvalue weighted by Crippen LogP contribution is -1.89.